The summed E-state index contributed by atoms with van der Waals surface area (Å²) >= 11 is 0. The Hall–Kier alpha value is -0.900. The second-order valence-corrected chi connectivity index (χ2v) is 2.36. The molecule has 0 aliphatic carbocycles. The molecule has 0 aromatic carbocycles. The highest BCUT2D eigenvalue weighted by Crippen LogP contribution is 1.93. The van der Waals surface area contributed by atoms with Gasteiger partial charge in [-0.05, 0) is 6.92 Å². The molecule has 10 heavy (non-hydrogen) atoms. The molecular weight excluding hydrogens is 133 g/mol. The van der Waals surface area contributed by atoms with Crippen molar-refractivity contribution in [3.8, 4) is 0 Å². The van der Waals surface area contributed by atoms with E-state index in [1.54, 1.807) is 0 Å². The molecule has 4 heteroatoms. The number of hydrogen-bond acceptors (Lipinski definition) is 2. The lowest BCUT2D eigenvalue weighted by molar-refractivity contribution is 0.534. The van der Waals surface area contributed by atoms with Gasteiger partial charge in [0.25, 0.3) is 0 Å². The molecule has 1 aromatic heterocycles. The highest BCUT2D eigenvalue weighted by Gasteiger charge is 1.98. The Morgan fingerprint density at radius 1 is 1.90 bits per heavy atom. The summed E-state index contributed by atoms with van der Waals surface area (Å²) in [7, 11) is 0. The number of rotatable bonds is 2. The summed E-state index contributed by atoms with van der Waals surface area (Å²) in [4.78, 5) is 0. The second kappa shape index (κ2) is 2.79. The highest BCUT2D eigenvalue weighted by molar-refractivity contribution is 4.83. The fourth-order valence-electron chi connectivity index (χ4n) is 0.733. The van der Waals surface area contributed by atoms with Crippen molar-refractivity contribution in [3.05, 3.63) is 18.2 Å². The SMILES string of the molecule is CC(N)Cn1cc(F)cn1. The zero-order valence-corrected chi connectivity index (χ0v) is 5.79. The minimum Gasteiger partial charge on any atom is -0.326 e. The molecular formula is C6H10FN3. The van der Waals surface area contributed by atoms with E-state index < -0.39 is 0 Å². The van der Waals surface area contributed by atoms with E-state index in [9.17, 15) is 4.39 Å². The third-order valence-corrected chi connectivity index (χ3v) is 1.08. The predicted molar refractivity (Wildman–Crippen MR) is 35.8 cm³/mol. The van der Waals surface area contributed by atoms with Crippen LogP contribution in [0.3, 0.4) is 0 Å². The molecule has 0 aliphatic heterocycles. The molecule has 0 spiro atoms. The van der Waals surface area contributed by atoms with E-state index >= 15 is 0 Å². The molecule has 0 saturated carbocycles. The van der Waals surface area contributed by atoms with Gasteiger partial charge in [-0.2, -0.15) is 5.10 Å². The van der Waals surface area contributed by atoms with Gasteiger partial charge in [0, 0.05) is 6.04 Å². The molecule has 3 nitrogen and oxygen atoms in total. The predicted octanol–water partition coefficient (Wildman–Crippen LogP) is 0.369. The Morgan fingerprint density at radius 3 is 3.00 bits per heavy atom. The van der Waals surface area contributed by atoms with Crippen LogP contribution in [0.25, 0.3) is 0 Å². The minimum absolute atomic E-state index is 0.0132. The Balaban J connectivity index is 2.58. The van der Waals surface area contributed by atoms with Gasteiger partial charge in [0.2, 0.25) is 0 Å². The first-order valence-electron chi connectivity index (χ1n) is 3.12. The largest absolute Gasteiger partial charge is 0.326 e. The van der Waals surface area contributed by atoms with E-state index in [0.717, 1.165) is 0 Å². The van der Waals surface area contributed by atoms with Crippen LogP contribution in [0.4, 0.5) is 4.39 Å². The monoisotopic (exact) mass is 143 g/mol. The second-order valence-electron chi connectivity index (χ2n) is 2.36. The standard InChI is InChI=1S/C6H10FN3/c1-5(8)3-10-4-6(7)2-9-10/h2,4-5H,3,8H2,1H3. The highest BCUT2D eigenvalue weighted by atomic mass is 19.1. The lowest BCUT2D eigenvalue weighted by Gasteiger charge is -2.02. The molecule has 0 radical (unpaired) electrons. The van der Waals surface area contributed by atoms with Crippen LogP contribution in [0.15, 0.2) is 12.4 Å². The quantitative estimate of drug-likeness (QED) is 0.650. The van der Waals surface area contributed by atoms with E-state index in [0.29, 0.717) is 6.54 Å². The van der Waals surface area contributed by atoms with Crippen molar-refractivity contribution in [2.24, 2.45) is 5.73 Å². The van der Waals surface area contributed by atoms with Gasteiger partial charge in [-0.25, -0.2) is 4.39 Å². The first-order valence-corrected chi connectivity index (χ1v) is 3.12. The summed E-state index contributed by atoms with van der Waals surface area (Å²) in [6, 6.07) is 0.0132. The molecule has 1 aromatic rings. The molecule has 2 N–H and O–H groups in total. The zero-order chi connectivity index (χ0) is 7.56. The van der Waals surface area contributed by atoms with Crippen molar-refractivity contribution in [2.75, 3.05) is 0 Å². The maximum absolute atomic E-state index is 12.3. The van der Waals surface area contributed by atoms with Crippen molar-refractivity contribution in [3.63, 3.8) is 0 Å². The molecule has 1 rings (SSSR count). The third kappa shape index (κ3) is 1.80. The molecule has 1 unspecified atom stereocenters. The summed E-state index contributed by atoms with van der Waals surface area (Å²) < 4.78 is 13.7. The van der Waals surface area contributed by atoms with Gasteiger partial charge in [0.1, 0.15) is 0 Å². The number of nitrogens with zero attached hydrogens (tertiary/aromatic N) is 2. The van der Waals surface area contributed by atoms with Crippen molar-refractivity contribution in [2.45, 2.75) is 19.5 Å². The molecule has 56 valence electrons. The number of hydrogen-bond donors (Lipinski definition) is 1. The first kappa shape index (κ1) is 7.21. The molecule has 0 aliphatic rings. The Bertz CT molecular complexity index is 207. The fourth-order valence-corrected chi connectivity index (χ4v) is 0.733. The van der Waals surface area contributed by atoms with Gasteiger partial charge in [0.05, 0.1) is 18.9 Å². The smallest absolute Gasteiger partial charge is 0.161 e. The van der Waals surface area contributed by atoms with Crippen LogP contribution < -0.4 is 5.73 Å². The van der Waals surface area contributed by atoms with Crippen LogP contribution in [-0.2, 0) is 6.54 Å². The summed E-state index contributed by atoms with van der Waals surface area (Å²) in [5.74, 6) is -0.319. The summed E-state index contributed by atoms with van der Waals surface area (Å²) in [5.41, 5.74) is 5.45. The average molecular weight is 143 g/mol. The topological polar surface area (TPSA) is 43.8 Å². The van der Waals surface area contributed by atoms with E-state index in [-0.39, 0.29) is 11.9 Å². The van der Waals surface area contributed by atoms with E-state index in [1.165, 1.54) is 17.1 Å². The molecule has 0 bridgehead atoms. The van der Waals surface area contributed by atoms with Crippen molar-refractivity contribution in [1.29, 1.82) is 0 Å². The maximum atomic E-state index is 12.3. The van der Waals surface area contributed by atoms with Crippen molar-refractivity contribution < 1.29 is 4.39 Å². The molecule has 1 heterocycles. The Labute approximate surface area is 58.6 Å². The lowest BCUT2D eigenvalue weighted by Crippen LogP contribution is -2.22. The average Bonchev–Trinajstić information content (AvgIpc) is 2.13. The lowest BCUT2D eigenvalue weighted by atomic mass is 10.4. The van der Waals surface area contributed by atoms with E-state index in [4.69, 9.17) is 5.73 Å². The zero-order valence-electron chi connectivity index (χ0n) is 5.79. The van der Waals surface area contributed by atoms with Gasteiger partial charge in [0.15, 0.2) is 5.82 Å². The molecule has 0 saturated heterocycles. The van der Waals surface area contributed by atoms with Crippen LogP contribution in [0, 0.1) is 5.82 Å². The number of aromatic nitrogens is 2. The Kier molecular flexibility index (Phi) is 2.01. The van der Waals surface area contributed by atoms with Gasteiger partial charge >= 0.3 is 0 Å². The fraction of sp³-hybridized carbons (Fsp3) is 0.500. The van der Waals surface area contributed by atoms with E-state index in [2.05, 4.69) is 5.10 Å². The summed E-state index contributed by atoms with van der Waals surface area (Å²) in [6.45, 7) is 2.41. The molecule has 0 amide bonds. The first-order chi connectivity index (χ1) is 4.68. The van der Waals surface area contributed by atoms with Crippen molar-refractivity contribution in [1.82, 2.24) is 9.78 Å². The van der Waals surface area contributed by atoms with Crippen LogP contribution >= 0.6 is 0 Å². The van der Waals surface area contributed by atoms with Crippen molar-refractivity contribution >= 4 is 0 Å². The van der Waals surface area contributed by atoms with Gasteiger partial charge in [-0.3, -0.25) is 4.68 Å². The van der Waals surface area contributed by atoms with Gasteiger partial charge in [-0.1, -0.05) is 0 Å². The van der Waals surface area contributed by atoms with Crippen LogP contribution in [0.2, 0.25) is 0 Å². The normalized spacial score (nSPS) is 13.5. The third-order valence-electron chi connectivity index (χ3n) is 1.08. The number of nitrogens with two attached hydrogens (primary N) is 1. The molecule has 0 fully saturated rings. The summed E-state index contributed by atoms with van der Waals surface area (Å²) in [6.07, 6.45) is 2.49. The van der Waals surface area contributed by atoms with Crippen LogP contribution in [0.1, 0.15) is 6.92 Å². The van der Waals surface area contributed by atoms with Gasteiger partial charge in [-0.15, -0.1) is 0 Å². The van der Waals surface area contributed by atoms with E-state index in [1.807, 2.05) is 6.92 Å². The minimum atomic E-state index is -0.319. The van der Waals surface area contributed by atoms with Gasteiger partial charge < -0.3 is 5.73 Å². The maximum Gasteiger partial charge on any atom is 0.161 e. The van der Waals surface area contributed by atoms with Crippen LogP contribution in [-0.4, -0.2) is 15.8 Å². The number of halogens is 1. The molecule has 1 atom stereocenters. The summed E-state index contributed by atoms with van der Waals surface area (Å²) in [5, 5.41) is 3.72. The van der Waals surface area contributed by atoms with Crippen LogP contribution in [0.5, 0.6) is 0 Å². The Morgan fingerprint density at radius 2 is 2.60 bits per heavy atom.